The molecule has 0 unspecified atom stereocenters. The highest BCUT2D eigenvalue weighted by molar-refractivity contribution is 5.92. The largest absolute Gasteiger partial charge is 0.497 e. The summed E-state index contributed by atoms with van der Waals surface area (Å²) in [6.07, 6.45) is 1.50. The molecule has 1 amide bonds. The predicted molar refractivity (Wildman–Crippen MR) is 96.9 cm³/mol. The third-order valence-corrected chi connectivity index (χ3v) is 3.75. The molecule has 0 saturated carbocycles. The van der Waals surface area contributed by atoms with Crippen LogP contribution in [0.5, 0.6) is 11.5 Å². The van der Waals surface area contributed by atoms with Crippen molar-refractivity contribution in [2.45, 2.75) is 13.5 Å². The van der Waals surface area contributed by atoms with Crippen LogP contribution in [0.2, 0.25) is 0 Å². The molecule has 3 rings (SSSR count). The van der Waals surface area contributed by atoms with E-state index in [1.165, 1.54) is 31.0 Å². The van der Waals surface area contributed by atoms with E-state index >= 15 is 0 Å². The van der Waals surface area contributed by atoms with Gasteiger partial charge < -0.3 is 23.9 Å². The molecule has 3 aromatic rings. The van der Waals surface area contributed by atoms with E-state index in [4.69, 9.17) is 14.0 Å². The van der Waals surface area contributed by atoms with Gasteiger partial charge in [-0.2, -0.15) is 4.98 Å². The van der Waals surface area contributed by atoms with Crippen LogP contribution in [-0.4, -0.2) is 34.8 Å². The fourth-order valence-electron chi connectivity index (χ4n) is 2.45. The topological polar surface area (TPSA) is 108 Å². The number of benzene rings is 1. The molecule has 0 atom stereocenters. The Balaban J connectivity index is 1.81. The number of amides is 1. The number of hydrogen-bond donors (Lipinski definition) is 1. The average molecular weight is 370 g/mol. The normalized spacial score (nSPS) is 10.5. The summed E-state index contributed by atoms with van der Waals surface area (Å²) in [6.45, 7) is 1.50. The molecular weight excluding hydrogens is 352 g/mol. The lowest BCUT2D eigenvalue weighted by molar-refractivity contribution is -0.116. The Bertz CT molecular complexity index is 1020. The van der Waals surface area contributed by atoms with Gasteiger partial charge in [-0.3, -0.25) is 9.59 Å². The molecule has 27 heavy (non-hydrogen) atoms. The molecule has 0 saturated heterocycles. The number of rotatable bonds is 6. The van der Waals surface area contributed by atoms with Crippen molar-refractivity contribution < 1.29 is 18.8 Å². The van der Waals surface area contributed by atoms with Crippen molar-refractivity contribution in [2.75, 3.05) is 19.5 Å². The van der Waals surface area contributed by atoms with E-state index in [-0.39, 0.29) is 18.0 Å². The lowest BCUT2D eigenvalue weighted by Gasteiger charge is -2.12. The van der Waals surface area contributed by atoms with Crippen molar-refractivity contribution >= 4 is 11.6 Å². The van der Waals surface area contributed by atoms with Crippen molar-refractivity contribution in [3.05, 3.63) is 52.7 Å². The van der Waals surface area contributed by atoms with Crippen molar-refractivity contribution in [3.63, 3.8) is 0 Å². The zero-order valence-corrected chi connectivity index (χ0v) is 15.1. The minimum atomic E-state index is -0.400. The monoisotopic (exact) mass is 370 g/mol. The van der Waals surface area contributed by atoms with Gasteiger partial charge in [0, 0.05) is 18.3 Å². The van der Waals surface area contributed by atoms with Crippen molar-refractivity contribution in [3.8, 4) is 23.0 Å². The van der Waals surface area contributed by atoms with Crippen LogP contribution >= 0.6 is 0 Å². The Kier molecular flexibility index (Phi) is 5.20. The number of aromatic nitrogens is 3. The van der Waals surface area contributed by atoms with Gasteiger partial charge in [-0.1, -0.05) is 5.16 Å². The second-order valence-electron chi connectivity index (χ2n) is 5.65. The molecule has 2 aromatic heterocycles. The van der Waals surface area contributed by atoms with Gasteiger partial charge in [0.15, 0.2) is 5.82 Å². The molecule has 9 nitrogen and oxygen atoms in total. The highest BCUT2D eigenvalue weighted by Crippen LogP contribution is 2.28. The summed E-state index contributed by atoms with van der Waals surface area (Å²) in [5, 5.41) is 6.44. The maximum Gasteiger partial charge on any atom is 0.259 e. The molecule has 2 heterocycles. The number of nitrogens with one attached hydrogen (secondary N) is 1. The first-order valence-corrected chi connectivity index (χ1v) is 8.03. The van der Waals surface area contributed by atoms with Gasteiger partial charge in [0.05, 0.1) is 25.5 Å². The molecule has 0 aliphatic heterocycles. The lowest BCUT2D eigenvalue weighted by Crippen LogP contribution is -2.27. The maximum absolute atomic E-state index is 12.4. The highest BCUT2D eigenvalue weighted by Gasteiger charge is 2.13. The standard InChI is InChI=1S/C18H18N4O5/c1-11-19-18(27-21-11)12-4-7-17(24)22(9-12)10-16(23)20-14-8-13(25-2)5-6-15(14)26-3/h4-9H,10H2,1-3H3,(H,20,23). The SMILES string of the molecule is COc1ccc(OC)c(NC(=O)Cn2cc(-c3nc(C)no3)ccc2=O)c1. The third-order valence-electron chi connectivity index (χ3n) is 3.75. The molecule has 9 heteroatoms. The number of nitrogens with zero attached hydrogens (tertiary/aromatic N) is 3. The quantitative estimate of drug-likeness (QED) is 0.705. The lowest BCUT2D eigenvalue weighted by atomic mass is 10.2. The third kappa shape index (κ3) is 4.14. The summed E-state index contributed by atoms with van der Waals surface area (Å²) < 4.78 is 16.7. The summed E-state index contributed by atoms with van der Waals surface area (Å²) in [7, 11) is 3.02. The summed E-state index contributed by atoms with van der Waals surface area (Å²) in [6, 6.07) is 7.94. The van der Waals surface area contributed by atoms with Crippen LogP contribution < -0.4 is 20.3 Å². The van der Waals surface area contributed by atoms with Gasteiger partial charge >= 0.3 is 0 Å². The molecule has 0 fully saturated rings. The van der Waals surface area contributed by atoms with E-state index in [0.717, 1.165) is 0 Å². The Morgan fingerprint density at radius 2 is 2.04 bits per heavy atom. The molecule has 0 aliphatic rings. The fourth-order valence-corrected chi connectivity index (χ4v) is 2.45. The number of pyridine rings is 1. The van der Waals surface area contributed by atoms with Crippen LogP contribution in [0.25, 0.3) is 11.5 Å². The Morgan fingerprint density at radius 3 is 2.70 bits per heavy atom. The van der Waals surface area contributed by atoms with E-state index in [0.29, 0.717) is 28.6 Å². The minimum Gasteiger partial charge on any atom is -0.497 e. The Morgan fingerprint density at radius 1 is 1.22 bits per heavy atom. The van der Waals surface area contributed by atoms with E-state index < -0.39 is 5.91 Å². The minimum absolute atomic E-state index is 0.194. The van der Waals surface area contributed by atoms with E-state index in [9.17, 15) is 9.59 Å². The average Bonchev–Trinajstić information content (AvgIpc) is 3.09. The zero-order valence-electron chi connectivity index (χ0n) is 15.1. The molecular formula is C18H18N4O5. The van der Waals surface area contributed by atoms with Gasteiger partial charge in [-0.25, -0.2) is 0 Å². The number of aryl methyl sites for hydroxylation is 1. The van der Waals surface area contributed by atoms with Crippen LogP contribution in [0.4, 0.5) is 5.69 Å². The predicted octanol–water partition coefficient (Wildman–Crippen LogP) is 1.86. The highest BCUT2D eigenvalue weighted by atomic mass is 16.5. The van der Waals surface area contributed by atoms with E-state index in [1.54, 1.807) is 31.2 Å². The zero-order chi connectivity index (χ0) is 19.4. The second kappa shape index (κ2) is 7.73. The van der Waals surface area contributed by atoms with Gasteiger partial charge in [0.25, 0.3) is 11.4 Å². The molecule has 0 radical (unpaired) electrons. The van der Waals surface area contributed by atoms with Gasteiger partial charge in [0.1, 0.15) is 18.0 Å². The number of methoxy groups -OCH3 is 2. The van der Waals surface area contributed by atoms with Crippen molar-refractivity contribution in [1.82, 2.24) is 14.7 Å². The van der Waals surface area contributed by atoms with Crippen molar-refractivity contribution in [1.29, 1.82) is 0 Å². The summed E-state index contributed by atoms with van der Waals surface area (Å²) in [4.78, 5) is 28.6. The Hall–Kier alpha value is -3.62. The van der Waals surface area contributed by atoms with Crippen LogP contribution in [0.1, 0.15) is 5.82 Å². The molecule has 1 aromatic carbocycles. The Labute approximate surface area is 154 Å². The first-order chi connectivity index (χ1) is 13.0. The smallest absolute Gasteiger partial charge is 0.259 e. The van der Waals surface area contributed by atoms with Gasteiger partial charge in [-0.15, -0.1) is 0 Å². The second-order valence-corrected chi connectivity index (χ2v) is 5.65. The number of anilines is 1. The summed E-state index contributed by atoms with van der Waals surface area (Å²) in [5.74, 6) is 1.40. The first kappa shape index (κ1) is 18.2. The van der Waals surface area contributed by atoms with Gasteiger partial charge in [0.2, 0.25) is 5.91 Å². The van der Waals surface area contributed by atoms with Crippen LogP contribution in [0.3, 0.4) is 0 Å². The fraction of sp³-hybridized carbons (Fsp3) is 0.222. The number of carbonyl (C=O) groups is 1. The number of hydrogen-bond acceptors (Lipinski definition) is 7. The van der Waals surface area contributed by atoms with E-state index in [1.807, 2.05) is 0 Å². The molecule has 1 N–H and O–H groups in total. The van der Waals surface area contributed by atoms with E-state index in [2.05, 4.69) is 15.5 Å². The molecule has 140 valence electrons. The molecule has 0 bridgehead atoms. The summed E-state index contributed by atoms with van der Waals surface area (Å²) in [5.41, 5.74) is 0.656. The molecule has 0 spiro atoms. The first-order valence-electron chi connectivity index (χ1n) is 8.03. The summed E-state index contributed by atoms with van der Waals surface area (Å²) >= 11 is 0. The van der Waals surface area contributed by atoms with Crippen LogP contribution in [-0.2, 0) is 11.3 Å². The number of ether oxygens (including phenoxy) is 2. The molecule has 0 aliphatic carbocycles. The van der Waals surface area contributed by atoms with Crippen LogP contribution in [0.15, 0.2) is 45.8 Å². The van der Waals surface area contributed by atoms with Crippen molar-refractivity contribution in [2.24, 2.45) is 0 Å². The number of carbonyl (C=O) groups excluding carboxylic acids is 1. The maximum atomic E-state index is 12.4. The van der Waals surface area contributed by atoms with Crippen LogP contribution in [0, 0.1) is 6.92 Å². The van der Waals surface area contributed by atoms with Gasteiger partial charge in [-0.05, 0) is 25.1 Å².